The molecule has 1 atom stereocenters. The molecule has 2 aromatic carbocycles. The Balaban J connectivity index is 1.30. The average Bonchev–Trinajstić information content (AvgIpc) is 3.07. The second kappa shape index (κ2) is 9.64. The molecule has 8 nitrogen and oxygen atoms in total. The molecule has 2 aliphatic heterocycles. The maximum atomic E-state index is 12.7. The monoisotopic (exact) mass is 454 g/mol. The number of carbonyl (C=O) groups excluding carboxylic acids is 2. The van der Waals surface area contributed by atoms with Crippen molar-refractivity contribution in [1.29, 1.82) is 0 Å². The molecular weight excluding hydrogens is 428 g/mol. The van der Waals surface area contributed by atoms with Gasteiger partial charge < -0.3 is 5.32 Å². The van der Waals surface area contributed by atoms with Gasteiger partial charge in [0.05, 0.1) is 6.67 Å². The highest BCUT2D eigenvalue weighted by atomic mass is 32.2. The van der Waals surface area contributed by atoms with E-state index in [9.17, 15) is 18.0 Å². The lowest BCUT2D eigenvalue weighted by Crippen LogP contribution is -2.52. The van der Waals surface area contributed by atoms with Gasteiger partial charge in [0, 0.05) is 38.0 Å². The summed E-state index contributed by atoms with van der Waals surface area (Å²) in [6, 6.07) is 17.8. The van der Waals surface area contributed by atoms with E-state index in [1.54, 1.807) is 6.08 Å². The lowest BCUT2D eigenvalue weighted by molar-refractivity contribution is -0.129. The topological polar surface area (TPSA) is 90.0 Å². The zero-order valence-electron chi connectivity index (χ0n) is 17.6. The van der Waals surface area contributed by atoms with Crippen LogP contribution in [0.4, 0.5) is 4.79 Å². The van der Waals surface area contributed by atoms with E-state index in [2.05, 4.69) is 5.32 Å². The van der Waals surface area contributed by atoms with Gasteiger partial charge in [0.15, 0.2) is 0 Å². The van der Waals surface area contributed by atoms with Crippen molar-refractivity contribution < 1.29 is 18.0 Å². The minimum Gasteiger partial charge on any atom is -0.325 e. The van der Waals surface area contributed by atoms with Crippen molar-refractivity contribution in [3.63, 3.8) is 0 Å². The first-order chi connectivity index (χ1) is 15.4. The second-order valence-corrected chi connectivity index (χ2v) is 9.69. The number of nitrogens with one attached hydrogen (secondary N) is 1. The van der Waals surface area contributed by atoms with Crippen LogP contribution in [0.25, 0.3) is 6.08 Å². The third kappa shape index (κ3) is 5.24. The van der Waals surface area contributed by atoms with Gasteiger partial charge in [-0.1, -0.05) is 60.7 Å². The van der Waals surface area contributed by atoms with Gasteiger partial charge in [0.1, 0.15) is 6.04 Å². The van der Waals surface area contributed by atoms with Gasteiger partial charge in [0.2, 0.25) is 10.0 Å². The Bertz CT molecular complexity index is 1080. The van der Waals surface area contributed by atoms with Crippen molar-refractivity contribution in [1.82, 2.24) is 19.4 Å². The van der Waals surface area contributed by atoms with Crippen molar-refractivity contribution >= 4 is 28.0 Å². The van der Waals surface area contributed by atoms with Crippen LogP contribution >= 0.6 is 0 Å². The predicted molar refractivity (Wildman–Crippen MR) is 122 cm³/mol. The van der Waals surface area contributed by atoms with Crippen LogP contribution in [0.1, 0.15) is 11.1 Å². The molecule has 0 saturated carbocycles. The number of nitrogens with zero attached hydrogens (tertiary/aromatic N) is 3. The summed E-state index contributed by atoms with van der Waals surface area (Å²) in [6.07, 6.45) is 2.03. The van der Waals surface area contributed by atoms with Crippen LogP contribution < -0.4 is 5.32 Å². The normalized spacial score (nSPS) is 20.8. The summed E-state index contributed by atoms with van der Waals surface area (Å²) in [7, 11) is -3.53. The van der Waals surface area contributed by atoms with Crippen molar-refractivity contribution in [2.45, 2.75) is 12.5 Å². The Labute approximate surface area is 188 Å². The summed E-state index contributed by atoms with van der Waals surface area (Å²) < 4.78 is 26.7. The molecule has 0 radical (unpaired) electrons. The lowest BCUT2D eigenvalue weighted by Gasteiger charge is -2.34. The van der Waals surface area contributed by atoms with E-state index in [1.807, 2.05) is 65.6 Å². The molecule has 2 saturated heterocycles. The Kier molecular flexibility index (Phi) is 6.69. The maximum Gasteiger partial charge on any atom is 0.325 e. The molecule has 1 unspecified atom stereocenters. The number of urea groups is 1. The van der Waals surface area contributed by atoms with E-state index < -0.39 is 22.1 Å². The first-order valence-corrected chi connectivity index (χ1v) is 12.0. The molecule has 0 spiro atoms. The second-order valence-electron chi connectivity index (χ2n) is 7.87. The molecule has 2 heterocycles. The quantitative estimate of drug-likeness (QED) is 0.644. The third-order valence-electron chi connectivity index (χ3n) is 5.65. The van der Waals surface area contributed by atoms with Gasteiger partial charge in [-0.25, -0.2) is 18.1 Å². The highest BCUT2D eigenvalue weighted by Gasteiger charge is 2.39. The molecule has 4 rings (SSSR count). The number of carbonyl (C=O) groups is 2. The molecule has 0 bridgehead atoms. The number of piperazine rings is 1. The van der Waals surface area contributed by atoms with Crippen LogP contribution in [0, 0.1) is 0 Å². The molecule has 3 amide bonds. The number of hydrogen-bond acceptors (Lipinski definition) is 5. The predicted octanol–water partition coefficient (Wildman–Crippen LogP) is 1.73. The van der Waals surface area contributed by atoms with Crippen LogP contribution in [-0.2, 0) is 21.2 Å². The van der Waals surface area contributed by atoms with E-state index in [0.29, 0.717) is 32.6 Å². The summed E-state index contributed by atoms with van der Waals surface area (Å²) in [5.41, 5.74) is 1.80. The van der Waals surface area contributed by atoms with Crippen LogP contribution in [-0.4, -0.2) is 73.4 Å². The van der Waals surface area contributed by atoms with Crippen molar-refractivity contribution in [3.8, 4) is 0 Å². The summed E-state index contributed by atoms with van der Waals surface area (Å²) in [4.78, 5) is 28.2. The standard InChI is InChI=1S/C23H26N4O4S/c28-22-21(17-20-9-5-2-6-10-20)24-23(29)27(22)18-25-12-14-26(15-13-25)32(30,31)16-11-19-7-3-1-4-8-19/h1-11,16,21H,12-15,17-18H2,(H,24,29)/b16-11+. The largest absolute Gasteiger partial charge is 0.325 e. The highest BCUT2D eigenvalue weighted by Crippen LogP contribution is 2.15. The Morgan fingerprint density at radius 2 is 1.53 bits per heavy atom. The summed E-state index contributed by atoms with van der Waals surface area (Å²) in [5, 5.41) is 3.98. The zero-order chi connectivity index (χ0) is 22.6. The summed E-state index contributed by atoms with van der Waals surface area (Å²) in [5.74, 6) is -0.250. The Hall–Kier alpha value is -3.01. The van der Waals surface area contributed by atoms with E-state index >= 15 is 0 Å². The molecule has 0 aliphatic carbocycles. The first-order valence-electron chi connectivity index (χ1n) is 10.5. The fourth-order valence-electron chi connectivity index (χ4n) is 3.84. The third-order valence-corrected chi connectivity index (χ3v) is 7.22. The molecule has 2 fully saturated rings. The van der Waals surface area contributed by atoms with Crippen molar-refractivity contribution in [2.75, 3.05) is 32.8 Å². The van der Waals surface area contributed by atoms with Crippen LogP contribution in [0.5, 0.6) is 0 Å². The molecule has 2 aromatic rings. The first kappa shape index (κ1) is 22.2. The van der Waals surface area contributed by atoms with Gasteiger partial charge in [-0.2, -0.15) is 4.31 Å². The molecule has 32 heavy (non-hydrogen) atoms. The van der Waals surface area contributed by atoms with Gasteiger partial charge >= 0.3 is 6.03 Å². The van der Waals surface area contributed by atoms with E-state index in [-0.39, 0.29) is 12.6 Å². The van der Waals surface area contributed by atoms with Crippen LogP contribution in [0.2, 0.25) is 0 Å². The number of hydrogen-bond donors (Lipinski definition) is 1. The minimum atomic E-state index is -3.53. The van der Waals surface area contributed by atoms with Crippen molar-refractivity contribution in [2.24, 2.45) is 0 Å². The number of benzene rings is 2. The lowest BCUT2D eigenvalue weighted by atomic mass is 10.1. The number of rotatable bonds is 7. The Morgan fingerprint density at radius 3 is 2.19 bits per heavy atom. The van der Waals surface area contributed by atoms with Gasteiger partial charge in [-0.05, 0) is 17.2 Å². The van der Waals surface area contributed by atoms with Crippen molar-refractivity contribution in [3.05, 3.63) is 77.2 Å². The van der Waals surface area contributed by atoms with E-state index in [0.717, 1.165) is 11.1 Å². The summed E-state index contributed by atoms with van der Waals surface area (Å²) in [6.45, 7) is 1.65. The van der Waals surface area contributed by atoms with E-state index in [4.69, 9.17) is 0 Å². The highest BCUT2D eigenvalue weighted by molar-refractivity contribution is 7.92. The molecule has 2 aliphatic rings. The molecule has 9 heteroatoms. The summed E-state index contributed by atoms with van der Waals surface area (Å²) >= 11 is 0. The van der Waals surface area contributed by atoms with Crippen LogP contribution in [0.15, 0.2) is 66.1 Å². The van der Waals surface area contributed by atoms with Gasteiger partial charge in [-0.3, -0.25) is 9.69 Å². The fourth-order valence-corrected chi connectivity index (χ4v) is 5.01. The molecule has 0 aromatic heterocycles. The van der Waals surface area contributed by atoms with Crippen LogP contribution in [0.3, 0.4) is 0 Å². The number of amides is 3. The average molecular weight is 455 g/mol. The number of sulfonamides is 1. The molecular formula is C23H26N4O4S. The van der Waals surface area contributed by atoms with Gasteiger partial charge in [0.25, 0.3) is 5.91 Å². The van der Waals surface area contributed by atoms with Gasteiger partial charge in [-0.15, -0.1) is 0 Å². The Morgan fingerprint density at radius 1 is 0.906 bits per heavy atom. The maximum absolute atomic E-state index is 12.7. The SMILES string of the molecule is O=C1NC(Cc2ccccc2)C(=O)N1CN1CCN(S(=O)(=O)/C=C/c2ccccc2)CC1. The van der Waals surface area contributed by atoms with E-state index in [1.165, 1.54) is 14.6 Å². The minimum absolute atomic E-state index is 0.156. The fraction of sp³-hybridized carbons (Fsp3) is 0.304. The number of imide groups is 1. The zero-order valence-corrected chi connectivity index (χ0v) is 18.4. The molecule has 1 N–H and O–H groups in total. The smallest absolute Gasteiger partial charge is 0.325 e. The molecule has 168 valence electrons.